The molecule has 1 saturated carbocycles. The molecule has 1 spiro atoms. The van der Waals surface area contributed by atoms with E-state index in [0.29, 0.717) is 17.9 Å². The van der Waals surface area contributed by atoms with Crippen LogP contribution in [0, 0.1) is 5.41 Å². The van der Waals surface area contributed by atoms with Crippen LogP contribution in [0.3, 0.4) is 0 Å². The number of hydrogen-bond donors (Lipinski definition) is 1. The van der Waals surface area contributed by atoms with E-state index in [1.807, 2.05) is 0 Å². The normalized spacial score (nSPS) is 19.6. The van der Waals surface area contributed by atoms with Crippen molar-refractivity contribution < 1.29 is 14.3 Å². The largest absolute Gasteiger partial charge is 0.489 e. The summed E-state index contributed by atoms with van der Waals surface area (Å²) < 4.78 is 11.5. The van der Waals surface area contributed by atoms with Crippen LogP contribution in [-0.4, -0.2) is 26.2 Å². The summed E-state index contributed by atoms with van der Waals surface area (Å²) in [6, 6.07) is 5.31. The van der Waals surface area contributed by atoms with Crippen molar-refractivity contribution >= 4 is 5.91 Å². The van der Waals surface area contributed by atoms with Crippen LogP contribution < -0.4 is 14.8 Å². The van der Waals surface area contributed by atoms with Crippen LogP contribution in [-0.2, 0) is 0 Å². The van der Waals surface area contributed by atoms with Gasteiger partial charge in [-0.05, 0) is 31.0 Å². The van der Waals surface area contributed by atoms with E-state index in [1.165, 1.54) is 12.8 Å². The molecule has 1 fully saturated rings. The molecular weight excluding hydrogens is 218 g/mol. The average molecular weight is 233 g/mol. The zero-order valence-electron chi connectivity index (χ0n) is 9.79. The van der Waals surface area contributed by atoms with Crippen LogP contribution in [0.1, 0.15) is 23.2 Å². The molecule has 1 aromatic carbocycles. The molecule has 4 heteroatoms. The number of nitrogens with one attached hydrogen (secondary N) is 1. The van der Waals surface area contributed by atoms with Crippen molar-refractivity contribution in [3.05, 3.63) is 23.8 Å². The Morgan fingerprint density at radius 3 is 2.59 bits per heavy atom. The van der Waals surface area contributed by atoms with Gasteiger partial charge in [-0.25, -0.2) is 0 Å². The molecule has 0 bridgehead atoms. The number of ether oxygens (including phenoxy) is 2. The Labute approximate surface area is 99.9 Å². The molecule has 1 aliphatic carbocycles. The molecule has 2 aliphatic rings. The van der Waals surface area contributed by atoms with Gasteiger partial charge >= 0.3 is 0 Å². The number of amides is 1. The van der Waals surface area contributed by atoms with Crippen molar-refractivity contribution in [2.75, 3.05) is 20.3 Å². The van der Waals surface area contributed by atoms with Crippen LogP contribution >= 0.6 is 0 Å². The summed E-state index contributed by atoms with van der Waals surface area (Å²) in [5.41, 5.74) is 0.827. The van der Waals surface area contributed by atoms with Crippen molar-refractivity contribution in [2.45, 2.75) is 12.8 Å². The smallest absolute Gasteiger partial charge is 0.251 e. The Bertz CT molecular complexity index is 466. The molecule has 1 amide bonds. The van der Waals surface area contributed by atoms with Gasteiger partial charge in [-0.1, -0.05) is 0 Å². The van der Waals surface area contributed by atoms with Gasteiger partial charge in [0.05, 0.1) is 13.2 Å². The lowest BCUT2D eigenvalue weighted by atomic mass is 10.1. The minimum absolute atomic E-state index is 0.109. The summed E-state index contributed by atoms with van der Waals surface area (Å²) in [7, 11) is 1.62. The third kappa shape index (κ3) is 1.84. The molecule has 3 rings (SSSR count). The number of fused-ring (bicyclic) bond motifs is 1. The van der Waals surface area contributed by atoms with Gasteiger partial charge in [0.25, 0.3) is 5.91 Å². The maximum atomic E-state index is 11.5. The fraction of sp³-hybridized carbons (Fsp3) is 0.462. The van der Waals surface area contributed by atoms with Crippen molar-refractivity contribution in [1.29, 1.82) is 0 Å². The van der Waals surface area contributed by atoms with Crippen LogP contribution in [0.4, 0.5) is 0 Å². The van der Waals surface area contributed by atoms with E-state index >= 15 is 0 Å². The number of rotatable bonds is 1. The van der Waals surface area contributed by atoms with E-state index in [1.54, 1.807) is 25.2 Å². The van der Waals surface area contributed by atoms with Crippen LogP contribution in [0.25, 0.3) is 0 Å². The Kier molecular flexibility index (Phi) is 2.24. The molecule has 1 heterocycles. The highest BCUT2D eigenvalue weighted by molar-refractivity contribution is 5.94. The number of carbonyl (C=O) groups excluding carboxylic acids is 1. The topological polar surface area (TPSA) is 47.6 Å². The van der Waals surface area contributed by atoms with E-state index in [0.717, 1.165) is 12.4 Å². The first-order chi connectivity index (χ1) is 8.22. The lowest BCUT2D eigenvalue weighted by molar-refractivity contribution is 0.0962. The average Bonchev–Trinajstić information content (AvgIpc) is 3.16. The molecule has 0 saturated heterocycles. The van der Waals surface area contributed by atoms with E-state index < -0.39 is 0 Å². The molecule has 0 unspecified atom stereocenters. The lowest BCUT2D eigenvalue weighted by Crippen LogP contribution is -2.18. The lowest BCUT2D eigenvalue weighted by Gasteiger charge is -2.08. The monoisotopic (exact) mass is 233 g/mol. The maximum absolute atomic E-state index is 11.5. The van der Waals surface area contributed by atoms with Crippen LogP contribution in [0.2, 0.25) is 0 Å². The molecule has 4 nitrogen and oxygen atoms in total. The van der Waals surface area contributed by atoms with E-state index in [2.05, 4.69) is 5.32 Å². The fourth-order valence-corrected chi connectivity index (χ4v) is 1.99. The molecular formula is C13H15NO3. The molecule has 0 atom stereocenters. The number of carbonyl (C=O) groups is 1. The number of hydrogen-bond acceptors (Lipinski definition) is 3. The van der Waals surface area contributed by atoms with Gasteiger partial charge in [0.2, 0.25) is 0 Å². The standard InChI is InChI=1S/C13H15NO3/c1-14-12(15)9-2-3-10-11(6-9)17-8-13(4-5-13)7-16-10/h2-3,6H,4-5,7-8H2,1H3,(H,14,15). The first kappa shape index (κ1) is 10.4. The predicted molar refractivity (Wildman–Crippen MR) is 62.5 cm³/mol. The third-order valence-corrected chi connectivity index (χ3v) is 3.46. The Hall–Kier alpha value is -1.71. The molecule has 17 heavy (non-hydrogen) atoms. The van der Waals surface area contributed by atoms with Crippen LogP contribution in [0.15, 0.2) is 18.2 Å². The first-order valence-corrected chi connectivity index (χ1v) is 5.84. The Morgan fingerprint density at radius 2 is 1.94 bits per heavy atom. The summed E-state index contributed by atoms with van der Waals surface area (Å²) in [5.74, 6) is 1.30. The molecule has 1 aliphatic heterocycles. The predicted octanol–water partition coefficient (Wildman–Crippen LogP) is 1.60. The zero-order valence-corrected chi connectivity index (χ0v) is 9.79. The quantitative estimate of drug-likeness (QED) is 0.801. The summed E-state index contributed by atoms with van der Waals surface area (Å²) >= 11 is 0. The van der Waals surface area contributed by atoms with Crippen LogP contribution in [0.5, 0.6) is 11.5 Å². The van der Waals surface area contributed by atoms with Gasteiger partial charge in [-0.15, -0.1) is 0 Å². The highest BCUT2D eigenvalue weighted by Crippen LogP contribution is 2.49. The van der Waals surface area contributed by atoms with Crippen molar-refractivity contribution in [2.24, 2.45) is 5.41 Å². The summed E-state index contributed by atoms with van der Waals surface area (Å²) in [6.07, 6.45) is 2.34. The van der Waals surface area contributed by atoms with Gasteiger partial charge in [-0.2, -0.15) is 0 Å². The van der Waals surface area contributed by atoms with Crippen molar-refractivity contribution in [3.63, 3.8) is 0 Å². The van der Waals surface area contributed by atoms with E-state index in [-0.39, 0.29) is 11.3 Å². The molecule has 1 aromatic rings. The third-order valence-electron chi connectivity index (χ3n) is 3.46. The number of benzene rings is 1. The fourth-order valence-electron chi connectivity index (χ4n) is 1.99. The van der Waals surface area contributed by atoms with Gasteiger partial charge in [0.1, 0.15) is 0 Å². The zero-order chi connectivity index (χ0) is 11.9. The van der Waals surface area contributed by atoms with Gasteiger partial charge in [0.15, 0.2) is 11.5 Å². The van der Waals surface area contributed by atoms with Gasteiger partial charge in [-0.3, -0.25) is 4.79 Å². The highest BCUT2D eigenvalue weighted by Gasteiger charge is 2.46. The van der Waals surface area contributed by atoms with Gasteiger partial charge in [0, 0.05) is 18.0 Å². The minimum Gasteiger partial charge on any atom is -0.489 e. The summed E-state index contributed by atoms with van der Waals surface area (Å²) in [6.45, 7) is 1.41. The Morgan fingerprint density at radius 1 is 1.24 bits per heavy atom. The summed E-state index contributed by atoms with van der Waals surface area (Å²) in [4.78, 5) is 11.5. The molecule has 1 N–H and O–H groups in total. The minimum atomic E-state index is -0.109. The van der Waals surface area contributed by atoms with E-state index in [4.69, 9.17) is 9.47 Å². The Balaban J connectivity index is 1.88. The molecule has 0 radical (unpaired) electrons. The summed E-state index contributed by atoms with van der Waals surface area (Å²) in [5, 5.41) is 2.60. The second kappa shape index (κ2) is 3.65. The highest BCUT2D eigenvalue weighted by atomic mass is 16.5. The second-order valence-corrected chi connectivity index (χ2v) is 4.82. The maximum Gasteiger partial charge on any atom is 0.251 e. The first-order valence-electron chi connectivity index (χ1n) is 5.84. The molecule has 90 valence electrons. The second-order valence-electron chi connectivity index (χ2n) is 4.82. The van der Waals surface area contributed by atoms with E-state index in [9.17, 15) is 4.79 Å². The SMILES string of the molecule is CNC(=O)c1ccc2c(c1)OCC1(CC1)CO2. The van der Waals surface area contributed by atoms with Crippen molar-refractivity contribution in [3.8, 4) is 11.5 Å². The molecule has 0 aromatic heterocycles. The van der Waals surface area contributed by atoms with Gasteiger partial charge < -0.3 is 14.8 Å². The van der Waals surface area contributed by atoms with Crippen molar-refractivity contribution in [1.82, 2.24) is 5.32 Å².